The van der Waals surface area contributed by atoms with Crippen molar-refractivity contribution in [2.45, 2.75) is 26.3 Å². The molecule has 1 aliphatic rings. The Balaban J connectivity index is 1.83. The summed E-state index contributed by atoms with van der Waals surface area (Å²) in [6, 6.07) is 7.78. The molecule has 1 fully saturated rings. The van der Waals surface area contributed by atoms with E-state index >= 15 is 0 Å². The van der Waals surface area contributed by atoms with Gasteiger partial charge in [0, 0.05) is 43.0 Å². The molecular weight excluding hydrogens is 324 g/mol. The molecule has 3 rings (SSSR count). The number of carbonyl (C=O) groups excluding carboxylic acids is 1. The van der Waals surface area contributed by atoms with Crippen LogP contribution >= 0.6 is 11.6 Å². The number of nitrogens with one attached hydrogen (secondary N) is 1. The molecule has 2 heterocycles. The van der Waals surface area contributed by atoms with Gasteiger partial charge >= 0.3 is 0 Å². The second kappa shape index (κ2) is 6.95. The molecule has 1 atom stereocenters. The van der Waals surface area contributed by atoms with E-state index in [1.54, 1.807) is 0 Å². The number of nitrogens with zero attached hydrogens (tertiary/aromatic N) is 3. The van der Waals surface area contributed by atoms with Crippen LogP contribution in [0, 0.1) is 13.8 Å². The number of hydrogen-bond acceptors (Lipinski definition) is 3. The Hall–Kier alpha value is -1.85. The lowest BCUT2D eigenvalue weighted by atomic mass is 10.0. The Labute approximate surface area is 147 Å². The molecule has 1 aliphatic heterocycles. The first-order valence-electron chi connectivity index (χ1n) is 8.22. The lowest BCUT2D eigenvalue weighted by Gasteiger charge is -2.36. The van der Waals surface area contributed by atoms with Crippen LogP contribution in [0.1, 0.15) is 28.6 Å². The molecule has 0 aliphatic carbocycles. The first-order valence-corrected chi connectivity index (χ1v) is 8.60. The molecule has 24 heavy (non-hydrogen) atoms. The summed E-state index contributed by atoms with van der Waals surface area (Å²) in [6.07, 6.45) is 0.391. The Kier molecular flexibility index (Phi) is 4.92. The van der Waals surface area contributed by atoms with Crippen LogP contribution in [-0.4, -0.2) is 40.2 Å². The number of amides is 1. The number of hydrogen-bond donors (Lipinski definition) is 1. The molecular formula is C18H23ClN4O. The van der Waals surface area contributed by atoms with E-state index in [1.807, 2.05) is 54.7 Å². The van der Waals surface area contributed by atoms with Crippen molar-refractivity contribution in [2.24, 2.45) is 7.05 Å². The van der Waals surface area contributed by atoms with E-state index in [0.29, 0.717) is 18.0 Å². The summed E-state index contributed by atoms with van der Waals surface area (Å²) in [7, 11) is 1.91. The van der Waals surface area contributed by atoms with Crippen molar-refractivity contribution in [3.63, 3.8) is 0 Å². The smallest absolute Gasteiger partial charge is 0.227 e. The Morgan fingerprint density at radius 2 is 2.21 bits per heavy atom. The van der Waals surface area contributed by atoms with E-state index in [1.165, 1.54) is 0 Å². The van der Waals surface area contributed by atoms with Gasteiger partial charge in [-0.05, 0) is 31.5 Å². The topological polar surface area (TPSA) is 50.2 Å². The molecule has 1 N–H and O–H groups in total. The molecule has 1 aromatic carbocycles. The largest absolute Gasteiger partial charge is 0.333 e. The minimum atomic E-state index is 0.0160. The van der Waals surface area contributed by atoms with Crippen molar-refractivity contribution < 1.29 is 4.79 Å². The van der Waals surface area contributed by atoms with Gasteiger partial charge in [-0.25, -0.2) is 0 Å². The van der Waals surface area contributed by atoms with E-state index in [9.17, 15) is 4.79 Å². The van der Waals surface area contributed by atoms with Crippen molar-refractivity contribution in [2.75, 3.05) is 19.6 Å². The van der Waals surface area contributed by atoms with Gasteiger partial charge in [-0.2, -0.15) is 5.10 Å². The maximum absolute atomic E-state index is 13.0. The van der Waals surface area contributed by atoms with Gasteiger partial charge in [0.25, 0.3) is 0 Å². The quantitative estimate of drug-likeness (QED) is 0.928. The summed E-state index contributed by atoms with van der Waals surface area (Å²) >= 11 is 6.13. The van der Waals surface area contributed by atoms with Crippen LogP contribution in [0.3, 0.4) is 0 Å². The highest BCUT2D eigenvalue weighted by atomic mass is 35.5. The zero-order chi connectivity index (χ0) is 17.3. The van der Waals surface area contributed by atoms with Crippen LogP contribution < -0.4 is 5.32 Å². The monoisotopic (exact) mass is 346 g/mol. The SMILES string of the molecule is Cc1nn(C)c(C)c1CC(=O)N1CCNCC1c1cccc(Cl)c1. The molecule has 5 nitrogen and oxygen atoms in total. The highest BCUT2D eigenvalue weighted by molar-refractivity contribution is 6.30. The summed E-state index contributed by atoms with van der Waals surface area (Å²) in [5, 5.41) is 8.49. The zero-order valence-electron chi connectivity index (χ0n) is 14.3. The van der Waals surface area contributed by atoms with Gasteiger partial charge in [0.2, 0.25) is 5.91 Å². The maximum Gasteiger partial charge on any atom is 0.227 e. The minimum Gasteiger partial charge on any atom is -0.333 e. The first kappa shape index (κ1) is 17.0. The van der Waals surface area contributed by atoms with Gasteiger partial charge in [-0.3, -0.25) is 9.48 Å². The summed E-state index contributed by atoms with van der Waals surface area (Å²) < 4.78 is 1.84. The van der Waals surface area contributed by atoms with E-state index in [4.69, 9.17) is 11.6 Å². The lowest BCUT2D eigenvalue weighted by Crippen LogP contribution is -2.49. The van der Waals surface area contributed by atoms with Crippen molar-refractivity contribution in [3.8, 4) is 0 Å². The van der Waals surface area contributed by atoms with Crippen LogP contribution in [0.25, 0.3) is 0 Å². The lowest BCUT2D eigenvalue weighted by molar-refractivity contribution is -0.133. The Bertz CT molecular complexity index is 755. The molecule has 6 heteroatoms. The standard InChI is InChI=1S/C18H23ClN4O/c1-12-16(13(2)22(3)21-12)10-18(24)23-8-7-20-11-17(23)14-5-4-6-15(19)9-14/h4-6,9,17,20H,7-8,10-11H2,1-3H3. The van der Waals surface area contributed by atoms with Gasteiger partial charge in [-0.15, -0.1) is 0 Å². The molecule has 0 bridgehead atoms. The third kappa shape index (κ3) is 3.32. The van der Waals surface area contributed by atoms with Gasteiger partial charge in [0.05, 0.1) is 18.2 Å². The summed E-state index contributed by atoms with van der Waals surface area (Å²) in [5.74, 6) is 0.140. The fraction of sp³-hybridized carbons (Fsp3) is 0.444. The van der Waals surface area contributed by atoms with Crippen molar-refractivity contribution in [1.82, 2.24) is 20.0 Å². The number of halogens is 1. The van der Waals surface area contributed by atoms with Gasteiger partial charge < -0.3 is 10.2 Å². The molecule has 0 radical (unpaired) electrons. The molecule has 1 amide bonds. The predicted octanol–water partition coefficient (Wildman–Crippen LogP) is 2.41. The normalized spacial score (nSPS) is 18.0. The molecule has 1 saturated heterocycles. The van der Waals surface area contributed by atoms with Crippen LogP contribution in [0.2, 0.25) is 5.02 Å². The average molecular weight is 347 g/mol. The van der Waals surface area contributed by atoms with E-state index in [-0.39, 0.29) is 11.9 Å². The van der Waals surface area contributed by atoms with Crippen molar-refractivity contribution >= 4 is 17.5 Å². The third-order valence-electron chi connectivity index (χ3n) is 4.78. The molecule has 0 spiro atoms. The molecule has 2 aromatic rings. The molecule has 128 valence electrons. The van der Waals surface area contributed by atoms with Gasteiger partial charge in [0.1, 0.15) is 0 Å². The first-order chi connectivity index (χ1) is 11.5. The highest BCUT2D eigenvalue weighted by Gasteiger charge is 2.29. The van der Waals surface area contributed by atoms with E-state index < -0.39 is 0 Å². The number of aryl methyl sites for hydroxylation is 2. The van der Waals surface area contributed by atoms with Crippen molar-refractivity contribution in [3.05, 3.63) is 51.8 Å². The Morgan fingerprint density at radius 3 is 2.88 bits per heavy atom. The van der Waals surface area contributed by atoms with Crippen LogP contribution in [0.15, 0.2) is 24.3 Å². The summed E-state index contributed by atoms with van der Waals surface area (Å²) in [5.41, 5.74) is 4.08. The van der Waals surface area contributed by atoms with Crippen LogP contribution in [-0.2, 0) is 18.3 Å². The van der Waals surface area contributed by atoms with Crippen molar-refractivity contribution in [1.29, 1.82) is 0 Å². The van der Waals surface area contributed by atoms with Gasteiger partial charge in [-0.1, -0.05) is 23.7 Å². The second-order valence-electron chi connectivity index (χ2n) is 6.31. The summed E-state index contributed by atoms with van der Waals surface area (Å²) in [4.78, 5) is 14.9. The Morgan fingerprint density at radius 1 is 1.42 bits per heavy atom. The summed E-state index contributed by atoms with van der Waals surface area (Å²) in [6.45, 7) is 6.23. The fourth-order valence-corrected chi connectivity index (χ4v) is 3.54. The minimum absolute atomic E-state index is 0.0160. The van der Waals surface area contributed by atoms with Crippen LogP contribution in [0.5, 0.6) is 0 Å². The van der Waals surface area contributed by atoms with E-state index in [2.05, 4.69) is 10.4 Å². The molecule has 0 saturated carbocycles. The zero-order valence-corrected chi connectivity index (χ0v) is 15.1. The maximum atomic E-state index is 13.0. The second-order valence-corrected chi connectivity index (χ2v) is 6.75. The number of carbonyl (C=O) groups is 1. The molecule has 1 aromatic heterocycles. The number of benzene rings is 1. The number of piperazine rings is 1. The third-order valence-corrected chi connectivity index (χ3v) is 5.02. The average Bonchev–Trinajstić information content (AvgIpc) is 2.81. The predicted molar refractivity (Wildman–Crippen MR) is 95.2 cm³/mol. The number of aromatic nitrogens is 2. The van der Waals surface area contributed by atoms with E-state index in [0.717, 1.165) is 35.6 Å². The number of rotatable bonds is 3. The highest BCUT2D eigenvalue weighted by Crippen LogP contribution is 2.26. The van der Waals surface area contributed by atoms with Crippen LogP contribution in [0.4, 0.5) is 0 Å². The van der Waals surface area contributed by atoms with Gasteiger partial charge in [0.15, 0.2) is 0 Å². The molecule has 1 unspecified atom stereocenters. The fourth-order valence-electron chi connectivity index (χ4n) is 3.34.